The maximum atomic E-state index is 5.65. The van der Waals surface area contributed by atoms with E-state index in [-0.39, 0.29) is 0 Å². The quantitative estimate of drug-likeness (QED) is 0.361. The first-order chi connectivity index (χ1) is 8.36. The van der Waals surface area contributed by atoms with E-state index in [1.165, 1.54) is 77.0 Å². The molecule has 0 aromatic heterocycles. The first-order valence-electron chi connectivity index (χ1n) is 7.83. The molecule has 1 rings (SSSR count). The molecule has 0 heterocycles. The van der Waals surface area contributed by atoms with E-state index in [0.717, 1.165) is 5.92 Å². The molecule has 1 fully saturated rings. The molecule has 17 heavy (non-hydrogen) atoms. The van der Waals surface area contributed by atoms with Crippen molar-refractivity contribution in [1.29, 1.82) is 0 Å². The second-order valence-electron chi connectivity index (χ2n) is 5.79. The van der Waals surface area contributed by atoms with Crippen LogP contribution in [-0.4, -0.2) is 6.04 Å². The summed E-state index contributed by atoms with van der Waals surface area (Å²) in [6.45, 7) is 2.27. The fourth-order valence-electron chi connectivity index (χ4n) is 3.04. The summed E-state index contributed by atoms with van der Waals surface area (Å²) in [5.41, 5.74) is 3.02. The number of hydrazine groups is 1. The largest absolute Gasteiger partial charge is 0.271 e. The molecule has 0 saturated heterocycles. The van der Waals surface area contributed by atoms with Gasteiger partial charge in [0, 0.05) is 6.04 Å². The highest BCUT2D eigenvalue weighted by atomic mass is 15.2. The number of unbranched alkanes of at least 4 members (excludes halogenated alkanes) is 3. The SMILES string of the molecule is CCCCCCC(CCC1CCCCC1)NN. The van der Waals surface area contributed by atoms with Crippen molar-refractivity contribution >= 4 is 0 Å². The smallest absolute Gasteiger partial charge is 0.0210 e. The van der Waals surface area contributed by atoms with Crippen LogP contribution < -0.4 is 11.3 Å². The summed E-state index contributed by atoms with van der Waals surface area (Å²) in [5, 5.41) is 0. The Morgan fingerprint density at radius 1 is 1.06 bits per heavy atom. The summed E-state index contributed by atoms with van der Waals surface area (Å²) in [6.07, 6.45) is 16.7. The summed E-state index contributed by atoms with van der Waals surface area (Å²) in [4.78, 5) is 0. The lowest BCUT2D eigenvalue weighted by Gasteiger charge is -2.24. The highest BCUT2D eigenvalue weighted by Gasteiger charge is 2.15. The van der Waals surface area contributed by atoms with E-state index in [9.17, 15) is 0 Å². The van der Waals surface area contributed by atoms with Gasteiger partial charge in [0.25, 0.3) is 0 Å². The Kier molecular flexibility index (Phi) is 8.72. The number of nitrogens with one attached hydrogen (secondary N) is 1. The van der Waals surface area contributed by atoms with Crippen molar-refractivity contribution in [3.8, 4) is 0 Å². The van der Waals surface area contributed by atoms with E-state index < -0.39 is 0 Å². The Morgan fingerprint density at radius 3 is 2.47 bits per heavy atom. The highest BCUT2D eigenvalue weighted by Crippen LogP contribution is 2.28. The van der Waals surface area contributed by atoms with Gasteiger partial charge in [-0.2, -0.15) is 0 Å². The lowest BCUT2D eigenvalue weighted by atomic mass is 9.85. The molecule has 1 unspecified atom stereocenters. The van der Waals surface area contributed by atoms with Crippen LogP contribution in [0.2, 0.25) is 0 Å². The first-order valence-corrected chi connectivity index (χ1v) is 7.83. The van der Waals surface area contributed by atoms with Crippen molar-refractivity contribution in [2.45, 2.75) is 90.0 Å². The molecule has 2 heteroatoms. The van der Waals surface area contributed by atoms with Gasteiger partial charge in [-0.1, -0.05) is 64.7 Å². The summed E-state index contributed by atoms with van der Waals surface area (Å²) in [7, 11) is 0. The van der Waals surface area contributed by atoms with Crippen LogP contribution in [0.1, 0.15) is 84.0 Å². The molecule has 1 atom stereocenters. The van der Waals surface area contributed by atoms with E-state index in [2.05, 4.69) is 12.3 Å². The van der Waals surface area contributed by atoms with E-state index in [1.807, 2.05) is 0 Å². The van der Waals surface area contributed by atoms with Crippen molar-refractivity contribution in [3.05, 3.63) is 0 Å². The first kappa shape index (κ1) is 15.0. The molecule has 0 bridgehead atoms. The average molecular weight is 240 g/mol. The molecule has 2 nitrogen and oxygen atoms in total. The fourth-order valence-corrected chi connectivity index (χ4v) is 3.04. The molecular formula is C15H32N2. The van der Waals surface area contributed by atoms with Gasteiger partial charge >= 0.3 is 0 Å². The maximum absolute atomic E-state index is 5.65. The number of rotatable bonds is 9. The standard InChI is InChI=1S/C15H32N2/c1-2-3-4-8-11-15(17-16)13-12-14-9-6-5-7-10-14/h14-15,17H,2-13,16H2,1H3. The summed E-state index contributed by atoms with van der Waals surface area (Å²) in [6, 6.07) is 0.564. The van der Waals surface area contributed by atoms with Gasteiger partial charge < -0.3 is 0 Å². The van der Waals surface area contributed by atoms with Gasteiger partial charge in [-0.15, -0.1) is 0 Å². The van der Waals surface area contributed by atoms with E-state index in [1.54, 1.807) is 0 Å². The average Bonchev–Trinajstić information content (AvgIpc) is 2.39. The predicted octanol–water partition coefficient (Wildman–Crippen LogP) is 4.15. The van der Waals surface area contributed by atoms with Crippen molar-refractivity contribution in [2.75, 3.05) is 0 Å². The number of hydrogen-bond donors (Lipinski definition) is 2. The van der Waals surface area contributed by atoms with Gasteiger partial charge in [-0.25, -0.2) is 0 Å². The molecule has 1 saturated carbocycles. The van der Waals surface area contributed by atoms with Crippen LogP contribution >= 0.6 is 0 Å². The topological polar surface area (TPSA) is 38.0 Å². The lowest BCUT2D eigenvalue weighted by Crippen LogP contribution is -2.35. The van der Waals surface area contributed by atoms with Gasteiger partial charge in [-0.3, -0.25) is 11.3 Å². The minimum absolute atomic E-state index is 0.564. The van der Waals surface area contributed by atoms with Crippen molar-refractivity contribution in [2.24, 2.45) is 11.8 Å². The van der Waals surface area contributed by atoms with Gasteiger partial charge in [0.1, 0.15) is 0 Å². The van der Waals surface area contributed by atoms with E-state index in [0.29, 0.717) is 6.04 Å². The summed E-state index contributed by atoms with van der Waals surface area (Å²) >= 11 is 0. The fraction of sp³-hybridized carbons (Fsp3) is 1.00. The van der Waals surface area contributed by atoms with Crippen LogP contribution in [0.15, 0.2) is 0 Å². The highest BCUT2D eigenvalue weighted by molar-refractivity contribution is 4.70. The van der Waals surface area contributed by atoms with Crippen LogP contribution in [-0.2, 0) is 0 Å². The van der Waals surface area contributed by atoms with Crippen molar-refractivity contribution in [3.63, 3.8) is 0 Å². The molecule has 0 aromatic carbocycles. The Balaban J connectivity index is 2.04. The number of nitrogens with two attached hydrogens (primary N) is 1. The zero-order valence-corrected chi connectivity index (χ0v) is 11.7. The molecule has 102 valence electrons. The van der Waals surface area contributed by atoms with Gasteiger partial charge in [0.2, 0.25) is 0 Å². The van der Waals surface area contributed by atoms with Crippen LogP contribution in [0.3, 0.4) is 0 Å². The molecule has 0 aliphatic heterocycles. The zero-order chi connectivity index (χ0) is 12.3. The zero-order valence-electron chi connectivity index (χ0n) is 11.7. The van der Waals surface area contributed by atoms with Crippen LogP contribution in [0.5, 0.6) is 0 Å². The minimum Gasteiger partial charge on any atom is -0.271 e. The summed E-state index contributed by atoms with van der Waals surface area (Å²) < 4.78 is 0. The van der Waals surface area contributed by atoms with E-state index >= 15 is 0 Å². The van der Waals surface area contributed by atoms with E-state index in [4.69, 9.17) is 5.84 Å². The van der Waals surface area contributed by atoms with Gasteiger partial charge in [0.15, 0.2) is 0 Å². The lowest BCUT2D eigenvalue weighted by molar-refractivity contribution is 0.307. The molecule has 3 N–H and O–H groups in total. The molecular weight excluding hydrogens is 208 g/mol. The normalized spacial score (nSPS) is 19.4. The predicted molar refractivity (Wildman–Crippen MR) is 75.7 cm³/mol. The molecule has 1 aliphatic carbocycles. The van der Waals surface area contributed by atoms with Crippen LogP contribution in [0, 0.1) is 5.92 Å². The molecule has 0 aromatic rings. The Morgan fingerprint density at radius 2 is 1.82 bits per heavy atom. The third-order valence-corrected chi connectivity index (χ3v) is 4.29. The van der Waals surface area contributed by atoms with Gasteiger partial charge in [0.05, 0.1) is 0 Å². The Labute approximate surface area is 108 Å². The third kappa shape index (κ3) is 7.05. The Hall–Kier alpha value is -0.0800. The monoisotopic (exact) mass is 240 g/mol. The molecule has 0 spiro atoms. The van der Waals surface area contributed by atoms with Crippen molar-refractivity contribution in [1.82, 2.24) is 5.43 Å². The van der Waals surface area contributed by atoms with Crippen LogP contribution in [0.4, 0.5) is 0 Å². The third-order valence-electron chi connectivity index (χ3n) is 4.29. The maximum Gasteiger partial charge on any atom is 0.0210 e. The second-order valence-corrected chi connectivity index (χ2v) is 5.79. The van der Waals surface area contributed by atoms with Crippen LogP contribution in [0.25, 0.3) is 0 Å². The molecule has 1 aliphatic rings. The van der Waals surface area contributed by atoms with Crippen molar-refractivity contribution < 1.29 is 0 Å². The summed E-state index contributed by atoms with van der Waals surface area (Å²) in [5.74, 6) is 6.65. The molecule has 0 amide bonds. The second kappa shape index (κ2) is 9.90. The minimum atomic E-state index is 0.564. The number of hydrogen-bond acceptors (Lipinski definition) is 2. The van der Waals surface area contributed by atoms with Gasteiger partial charge in [-0.05, 0) is 25.2 Å². The Bertz CT molecular complexity index is 164. The molecule has 0 radical (unpaired) electrons.